The van der Waals surface area contributed by atoms with Crippen molar-refractivity contribution in [2.24, 2.45) is 7.05 Å². The van der Waals surface area contributed by atoms with Crippen LogP contribution in [0.4, 0.5) is 0 Å². The summed E-state index contributed by atoms with van der Waals surface area (Å²) in [6, 6.07) is 1.46. The summed E-state index contributed by atoms with van der Waals surface area (Å²) in [5.74, 6) is 0.122. The molecule has 2 heterocycles. The molecule has 1 aliphatic rings. The third kappa shape index (κ3) is 1.88. The molecule has 6 nitrogen and oxygen atoms in total. The number of rotatable bonds is 2. The first-order valence-electron chi connectivity index (χ1n) is 5.01. The molecular formula is C9H13N3O3S. The lowest BCUT2D eigenvalue weighted by atomic mass is 10.1. The van der Waals surface area contributed by atoms with Crippen LogP contribution in [0.15, 0.2) is 17.3 Å². The number of carbonyl (C=O) groups excluding carboxylic acids is 1. The molecule has 0 N–H and O–H groups in total. The van der Waals surface area contributed by atoms with E-state index in [1.54, 1.807) is 7.05 Å². The van der Waals surface area contributed by atoms with E-state index in [1.165, 1.54) is 21.3 Å². The summed E-state index contributed by atoms with van der Waals surface area (Å²) >= 11 is 0. The number of sulfonamides is 1. The Labute approximate surface area is 93.9 Å². The summed E-state index contributed by atoms with van der Waals surface area (Å²) in [6.45, 7) is 0.540. The quantitative estimate of drug-likeness (QED) is 0.719. The van der Waals surface area contributed by atoms with Crippen molar-refractivity contribution in [3.05, 3.63) is 12.3 Å². The predicted octanol–water partition coefficient (Wildman–Crippen LogP) is -0.226. The number of aromatic nitrogens is 2. The zero-order valence-corrected chi connectivity index (χ0v) is 9.77. The van der Waals surface area contributed by atoms with Crippen LogP contribution in [-0.2, 0) is 21.9 Å². The molecule has 1 aliphatic heterocycles. The molecule has 1 aromatic rings. The topological polar surface area (TPSA) is 72.3 Å². The summed E-state index contributed by atoms with van der Waals surface area (Å²) in [4.78, 5) is 11.0. The first kappa shape index (κ1) is 11.3. The molecule has 16 heavy (non-hydrogen) atoms. The van der Waals surface area contributed by atoms with Crippen LogP contribution in [0.25, 0.3) is 0 Å². The summed E-state index contributed by atoms with van der Waals surface area (Å²) < 4.78 is 26.9. The second-order valence-corrected chi connectivity index (χ2v) is 5.62. The molecule has 0 atom stereocenters. The number of carbonyl (C=O) groups is 1. The lowest BCUT2D eigenvalue weighted by Gasteiger charge is -2.24. The Morgan fingerprint density at radius 3 is 2.44 bits per heavy atom. The maximum Gasteiger partial charge on any atom is 0.260 e. The first-order chi connectivity index (χ1) is 7.51. The highest BCUT2D eigenvalue weighted by Crippen LogP contribution is 2.18. The average Bonchev–Trinajstić information content (AvgIpc) is 2.66. The van der Waals surface area contributed by atoms with Crippen molar-refractivity contribution in [1.29, 1.82) is 0 Å². The summed E-state index contributed by atoms with van der Waals surface area (Å²) in [5, 5.41) is 4.00. The molecule has 0 aromatic carbocycles. The van der Waals surface area contributed by atoms with Crippen LogP contribution < -0.4 is 0 Å². The first-order valence-corrected chi connectivity index (χ1v) is 6.45. The molecule has 0 bridgehead atoms. The van der Waals surface area contributed by atoms with E-state index in [0.29, 0.717) is 12.8 Å². The Morgan fingerprint density at radius 2 is 1.94 bits per heavy atom. The molecule has 7 heteroatoms. The number of hydrogen-bond donors (Lipinski definition) is 0. The van der Waals surface area contributed by atoms with E-state index < -0.39 is 10.0 Å². The maximum atomic E-state index is 12.1. The van der Waals surface area contributed by atoms with Gasteiger partial charge in [-0.15, -0.1) is 0 Å². The fourth-order valence-corrected chi connectivity index (χ4v) is 3.26. The minimum atomic E-state index is -3.49. The molecule has 2 rings (SSSR count). The largest absolute Gasteiger partial charge is 0.300 e. The van der Waals surface area contributed by atoms with Crippen LogP contribution in [0, 0.1) is 0 Å². The van der Waals surface area contributed by atoms with Gasteiger partial charge in [0.2, 0.25) is 0 Å². The number of ketones is 1. The summed E-state index contributed by atoms with van der Waals surface area (Å²) in [5.41, 5.74) is 0. The Bertz CT molecular complexity index is 496. The lowest BCUT2D eigenvalue weighted by molar-refractivity contribution is -0.120. The monoisotopic (exact) mass is 243 g/mol. The van der Waals surface area contributed by atoms with Gasteiger partial charge in [-0.3, -0.25) is 9.48 Å². The zero-order chi connectivity index (χ0) is 11.8. The fourth-order valence-electron chi connectivity index (χ4n) is 1.72. The van der Waals surface area contributed by atoms with Gasteiger partial charge in [-0.1, -0.05) is 0 Å². The summed E-state index contributed by atoms with van der Waals surface area (Å²) in [7, 11) is -1.91. The third-order valence-corrected chi connectivity index (χ3v) is 4.63. The Morgan fingerprint density at radius 1 is 1.31 bits per heavy atom. The van der Waals surface area contributed by atoms with Crippen molar-refractivity contribution >= 4 is 15.8 Å². The molecule has 1 saturated heterocycles. The molecular weight excluding hydrogens is 230 g/mol. The van der Waals surface area contributed by atoms with Gasteiger partial charge in [0, 0.05) is 33.0 Å². The van der Waals surface area contributed by atoms with Crippen molar-refractivity contribution < 1.29 is 13.2 Å². The van der Waals surface area contributed by atoms with E-state index in [0.717, 1.165) is 0 Å². The van der Waals surface area contributed by atoms with Crippen molar-refractivity contribution in [3.8, 4) is 0 Å². The molecule has 1 aromatic heterocycles. The van der Waals surface area contributed by atoms with Crippen LogP contribution in [0.1, 0.15) is 12.8 Å². The summed E-state index contributed by atoms with van der Waals surface area (Å²) in [6.07, 6.45) is 2.05. The van der Waals surface area contributed by atoms with Gasteiger partial charge in [0.1, 0.15) is 5.78 Å². The molecule has 0 unspecified atom stereocenters. The van der Waals surface area contributed by atoms with Crippen LogP contribution in [0.2, 0.25) is 0 Å². The SMILES string of the molecule is Cn1nccc1S(=O)(=O)N1CCC(=O)CC1. The van der Waals surface area contributed by atoms with Gasteiger partial charge >= 0.3 is 0 Å². The average molecular weight is 243 g/mol. The van der Waals surface area contributed by atoms with Gasteiger partial charge in [-0.05, 0) is 6.07 Å². The molecule has 0 spiro atoms. The van der Waals surface area contributed by atoms with Crippen LogP contribution in [-0.4, -0.2) is 41.4 Å². The molecule has 0 aliphatic carbocycles. The standard InChI is InChI=1S/C9H13N3O3S/c1-11-9(2-5-10-11)16(14,15)12-6-3-8(13)4-7-12/h2,5H,3-4,6-7H2,1H3. The maximum absolute atomic E-state index is 12.1. The molecule has 0 amide bonds. The second kappa shape index (κ2) is 3.99. The smallest absolute Gasteiger partial charge is 0.260 e. The highest BCUT2D eigenvalue weighted by Gasteiger charge is 2.30. The normalized spacial score (nSPS) is 18.9. The second-order valence-electron chi connectivity index (χ2n) is 3.74. The molecule has 1 fully saturated rings. The number of piperidine rings is 1. The van der Waals surface area contributed by atoms with E-state index in [9.17, 15) is 13.2 Å². The van der Waals surface area contributed by atoms with Gasteiger partial charge in [0.15, 0.2) is 5.03 Å². The van der Waals surface area contributed by atoms with E-state index >= 15 is 0 Å². The van der Waals surface area contributed by atoms with Crippen molar-refractivity contribution in [2.75, 3.05) is 13.1 Å². The van der Waals surface area contributed by atoms with E-state index in [2.05, 4.69) is 5.10 Å². The van der Waals surface area contributed by atoms with E-state index in [1.807, 2.05) is 0 Å². The lowest BCUT2D eigenvalue weighted by Crippen LogP contribution is -2.39. The van der Waals surface area contributed by atoms with Crippen LogP contribution >= 0.6 is 0 Å². The van der Waals surface area contributed by atoms with Crippen molar-refractivity contribution in [3.63, 3.8) is 0 Å². The molecule has 88 valence electrons. The number of aryl methyl sites for hydroxylation is 1. The third-order valence-electron chi connectivity index (χ3n) is 2.66. The number of hydrogen-bond acceptors (Lipinski definition) is 4. The van der Waals surface area contributed by atoms with E-state index in [4.69, 9.17) is 0 Å². The van der Waals surface area contributed by atoms with Gasteiger partial charge in [0.25, 0.3) is 10.0 Å². The predicted molar refractivity (Wildman–Crippen MR) is 56.2 cm³/mol. The highest BCUT2D eigenvalue weighted by atomic mass is 32.2. The van der Waals surface area contributed by atoms with Crippen LogP contribution in [0.3, 0.4) is 0 Å². The zero-order valence-electron chi connectivity index (χ0n) is 8.96. The Balaban J connectivity index is 2.27. The van der Waals surface area contributed by atoms with Gasteiger partial charge in [-0.2, -0.15) is 9.40 Å². The number of Topliss-reactive ketones (excluding diaryl/α,β-unsaturated/α-hetero) is 1. The highest BCUT2D eigenvalue weighted by molar-refractivity contribution is 7.89. The fraction of sp³-hybridized carbons (Fsp3) is 0.556. The van der Waals surface area contributed by atoms with Crippen LogP contribution in [0.5, 0.6) is 0 Å². The van der Waals surface area contributed by atoms with Gasteiger partial charge in [0.05, 0.1) is 6.20 Å². The molecule has 0 saturated carbocycles. The van der Waals surface area contributed by atoms with Crippen molar-refractivity contribution in [1.82, 2.24) is 14.1 Å². The van der Waals surface area contributed by atoms with Gasteiger partial charge in [-0.25, -0.2) is 8.42 Å². The molecule has 0 radical (unpaired) electrons. The minimum absolute atomic E-state index is 0.122. The number of nitrogens with zero attached hydrogens (tertiary/aromatic N) is 3. The Hall–Kier alpha value is -1.21. The van der Waals surface area contributed by atoms with E-state index in [-0.39, 0.29) is 23.9 Å². The minimum Gasteiger partial charge on any atom is -0.300 e. The van der Waals surface area contributed by atoms with Gasteiger partial charge < -0.3 is 0 Å². The Kier molecular flexibility index (Phi) is 2.81. The van der Waals surface area contributed by atoms with Crippen molar-refractivity contribution in [2.45, 2.75) is 17.9 Å².